The van der Waals surface area contributed by atoms with Crippen molar-refractivity contribution in [2.24, 2.45) is 0 Å². The van der Waals surface area contributed by atoms with Gasteiger partial charge in [0, 0.05) is 34.3 Å². The van der Waals surface area contributed by atoms with E-state index in [1.165, 1.54) is 0 Å². The first kappa shape index (κ1) is 19.9. The molecule has 0 fully saturated rings. The van der Waals surface area contributed by atoms with E-state index in [-0.39, 0.29) is 11.8 Å². The number of hydrogen-bond donors (Lipinski definition) is 2. The molecule has 0 aliphatic carbocycles. The fraction of sp³-hybridized carbons (Fsp3) is 0.0909. The Morgan fingerprint density at radius 3 is 1.43 bits per heavy atom. The zero-order chi connectivity index (χ0) is 19.9. The Hall–Kier alpha value is -2.82. The first-order valence-corrected chi connectivity index (χ1v) is 9.42. The summed E-state index contributed by atoms with van der Waals surface area (Å²) in [4.78, 5) is 24.8. The Morgan fingerprint density at radius 2 is 1.04 bits per heavy atom. The third kappa shape index (κ3) is 5.59. The van der Waals surface area contributed by atoms with Gasteiger partial charge in [0.1, 0.15) is 0 Å². The molecule has 0 spiro atoms. The zero-order valence-electron chi connectivity index (χ0n) is 14.9. The molecular formula is C22H18Cl2N2O2. The summed E-state index contributed by atoms with van der Waals surface area (Å²) in [5.41, 5.74) is 2.73. The molecule has 0 bridgehead atoms. The van der Waals surface area contributed by atoms with E-state index in [9.17, 15) is 9.59 Å². The summed E-state index contributed by atoms with van der Waals surface area (Å²) in [6, 6.07) is 21.1. The van der Waals surface area contributed by atoms with Gasteiger partial charge in [-0.15, -0.1) is 0 Å². The monoisotopic (exact) mass is 412 g/mol. The van der Waals surface area contributed by atoms with Crippen LogP contribution in [-0.2, 0) is 13.1 Å². The lowest BCUT2D eigenvalue weighted by Gasteiger charge is -2.08. The Labute approximate surface area is 173 Å². The molecule has 2 amide bonds. The Morgan fingerprint density at radius 1 is 0.643 bits per heavy atom. The summed E-state index contributed by atoms with van der Waals surface area (Å²) < 4.78 is 0. The van der Waals surface area contributed by atoms with Crippen LogP contribution in [0.1, 0.15) is 31.8 Å². The second-order valence-electron chi connectivity index (χ2n) is 6.20. The smallest absolute Gasteiger partial charge is 0.251 e. The summed E-state index contributed by atoms with van der Waals surface area (Å²) in [7, 11) is 0. The van der Waals surface area contributed by atoms with Crippen molar-refractivity contribution in [2.45, 2.75) is 13.1 Å². The van der Waals surface area contributed by atoms with E-state index in [2.05, 4.69) is 10.6 Å². The molecule has 0 aliphatic heterocycles. The van der Waals surface area contributed by atoms with Crippen molar-refractivity contribution in [3.8, 4) is 0 Å². The molecule has 0 radical (unpaired) electrons. The van der Waals surface area contributed by atoms with Gasteiger partial charge in [-0.2, -0.15) is 0 Å². The molecule has 3 rings (SSSR count). The maximum absolute atomic E-state index is 12.4. The quantitative estimate of drug-likeness (QED) is 0.607. The molecule has 0 aliphatic rings. The molecule has 0 atom stereocenters. The first-order valence-electron chi connectivity index (χ1n) is 8.66. The Balaban J connectivity index is 1.58. The standard InChI is InChI=1S/C22H18Cl2N2O2/c23-19-8-4-15(5-9-19)13-25-21(27)17-2-1-3-18(12-17)22(28)26-14-16-6-10-20(24)11-7-16/h1-12H,13-14H2,(H,25,27)(H,26,28). The Kier molecular flexibility index (Phi) is 6.69. The molecule has 0 unspecified atom stereocenters. The van der Waals surface area contributed by atoms with E-state index in [0.717, 1.165) is 11.1 Å². The van der Waals surface area contributed by atoms with Crippen LogP contribution < -0.4 is 10.6 Å². The number of amides is 2. The van der Waals surface area contributed by atoms with Crippen molar-refractivity contribution >= 4 is 35.0 Å². The van der Waals surface area contributed by atoms with Crippen molar-refractivity contribution in [3.05, 3.63) is 105 Å². The second kappa shape index (κ2) is 9.40. The van der Waals surface area contributed by atoms with Crippen LogP contribution in [0.4, 0.5) is 0 Å². The topological polar surface area (TPSA) is 58.2 Å². The van der Waals surface area contributed by atoms with Gasteiger partial charge < -0.3 is 10.6 Å². The van der Waals surface area contributed by atoms with Crippen LogP contribution >= 0.6 is 23.2 Å². The molecule has 4 nitrogen and oxygen atoms in total. The maximum atomic E-state index is 12.4. The number of benzene rings is 3. The number of hydrogen-bond acceptors (Lipinski definition) is 2. The van der Waals surface area contributed by atoms with Crippen molar-refractivity contribution in [2.75, 3.05) is 0 Å². The van der Waals surface area contributed by atoms with E-state index in [0.29, 0.717) is 34.3 Å². The molecule has 0 heterocycles. The summed E-state index contributed by atoms with van der Waals surface area (Å²) in [5, 5.41) is 6.97. The van der Waals surface area contributed by atoms with Crippen molar-refractivity contribution in [1.82, 2.24) is 10.6 Å². The van der Waals surface area contributed by atoms with Gasteiger partial charge in [0.2, 0.25) is 0 Å². The summed E-state index contributed by atoms with van der Waals surface area (Å²) in [6.07, 6.45) is 0. The third-order valence-corrected chi connectivity index (χ3v) is 4.62. The van der Waals surface area contributed by atoms with E-state index < -0.39 is 0 Å². The number of nitrogens with one attached hydrogen (secondary N) is 2. The molecular weight excluding hydrogens is 395 g/mol. The lowest BCUT2D eigenvalue weighted by Crippen LogP contribution is -2.25. The molecule has 0 saturated carbocycles. The summed E-state index contributed by atoms with van der Waals surface area (Å²) in [6.45, 7) is 0.756. The predicted molar refractivity (Wildman–Crippen MR) is 112 cm³/mol. The fourth-order valence-corrected chi connectivity index (χ4v) is 2.83. The summed E-state index contributed by atoms with van der Waals surface area (Å²) in [5.74, 6) is -0.496. The van der Waals surface area contributed by atoms with Gasteiger partial charge in [0.15, 0.2) is 0 Å². The molecule has 2 N–H and O–H groups in total. The Bertz CT molecular complexity index is 894. The number of halogens is 2. The van der Waals surface area contributed by atoms with Gasteiger partial charge in [-0.3, -0.25) is 9.59 Å². The van der Waals surface area contributed by atoms with Crippen LogP contribution in [0.15, 0.2) is 72.8 Å². The number of rotatable bonds is 6. The zero-order valence-corrected chi connectivity index (χ0v) is 16.4. The predicted octanol–water partition coefficient (Wildman–Crippen LogP) is 4.85. The second-order valence-corrected chi connectivity index (χ2v) is 7.07. The van der Waals surface area contributed by atoms with Gasteiger partial charge in [0.25, 0.3) is 11.8 Å². The normalized spacial score (nSPS) is 10.4. The van der Waals surface area contributed by atoms with E-state index in [1.54, 1.807) is 48.5 Å². The minimum atomic E-state index is -0.248. The van der Waals surface area contributed by atoms with Crippen LogP contribution in [0, 0.1) is 0 Å². The first-order chi connectivity index (χ1) is 13.5. The van der Waals surface area contributed by atoms with Crippen LogP contribution in [0.2, 0.25) is 10.0 Å². The van der Waals surface area contributed by atoms with Gasteiger partial charge >= 0.3 is 0 Å². The molecule has 3 aromatic carbocycles. The maximum Gasteiger partial charge on any atom is 0.251 e. The SMILES string of the molecule is O=C(NCc1ccc(Cl)cc1)c1cccc(C(=O)NCc2ccc(Cl)cc2)c1. The molecule has 28 heavy (non-hydrogen) atoms. The minimum absolute atomic E-state index is 0.248. The van der Waals surface area contributed by atoms with E-state index >= 15 is 0 Å². The highest BCUT2D eigenvalue weighted by molar-refractivity contribution is 6.30. The van der Waals surface area contributed by atoms with Gasteiger partial charge in [-0.05, 0) is 53.6 Å². The molecule has 3 aromatic rings. The highest BCUT2D eigenvalue weighted by atomic mass is 35.5. The largest absolute Gasteiger partial charge is 0.348 e. The van der Waals surface area contributed by atoms with Gasteiger partial charge in [-0.25, -0.2) is 0 Å². The molecule has 6 heteroatoms. The minimum Gasteiger partial charge on any atom is -0.348 e. The van der Waals surface area contributed by atoms with E-state index in [4.69, 9.17) is 23.2 Å². The highest BCUT2D eigenvalue weighted by Gasteiger charge is 2.10. The lowest BCUT2D eigenvalue weighted by molar-refractivity contribution is 0.0950. The molecule has 142 valence electrons. The average molecular weight is 413 g/mol. The number of carbonyl (C=O) groups excluding carboxylic acids is 2. The van der Waals surface area contributed by atoms with Gasteiger partial charge in [-0.1, -0.05) is 53.5 Å². The van der Waals surface area contributed by atoms with Crippen molar-refractivity contribution in [1.29, 1.82) is 0 Å². The fourth-order valence-electron chi connectivity index (χ4n) is 2.57. The van der Waals surface area contributed by atoms with Crippen molar-refractivity contribution in [3.63, 3.8) is 0 Å². The molecule has 0 aromatic heterocycles. The van der Waals surface area contributed by atoms with Crippen LogP contribution in [0.3, 0.4) is 0 Å². The van der Waals surface area contributed by atoms with Crippen LogP contribution in [0.25, 0.3) is 0 Å². The van der Waals surface area contributed by atoms with Crippen LogP contribution in [-0.4, -0.2) is 11.8 Å². The lowest BCUT2D eigenvalue weighted by atomic mass is 10.1. The van der Waals surface area contributed by atoms with Gasteiger partial charge in [0.05, 0.1) is 0 Å². The van der Waals surface area contributed by atoms with E-state index in [1.807, 2.05) is 24.3 Å². The number of carbonyl (C=O) groups is 2. The molecule has 0 saturated heterocycles. The third-order valence-electron chi connectivity index (χ3n) is 4.12. The van der Waals surface area contributed by atoms with Crippen LogP contribution in [0.5, 0.6) is 0 Å². The average Bonchev–Trinajstić information content (AvgIpc) is 2.72. The highest BCUT2D eigenvalue weighted by Crippen LogP contribution is 2.11. The van der Waals surface area contributed by atoms with Crippen molar-refractivity contribution < 1.29 is 9.59 Å². The summed E-state index contributed by atoms with van der Waals surface area (Å²) >= 11 is 11.7.